The van der Waals surface area contributed by atoms with Crippen molar-refractivity contribution < 1.29 is 9.53 Å². The monoisotopic (exact) mass is 315 g/mol. The Kier molecular flexibility index (Phi) is 3.74. The Bertz CT molecular complexity index is 715. The van der Waals surface area contributed by atoms with E-state index in [0.29, 0.717) is 24.5 Å². The van der Waals surface area contributed by atoms with Crippen LogP contribution in [0.2, 0.25) is 0 Å². The van der Waals surface area contributed by atoms with Crippen LogP contribution in [0.25, 0.3) is 11.2 Å². The van der Waals surface area contributed by atoms with Gasteiger partial charge in [0.2, 0.25) is 0 Å². The van der Waals surface area contributed by atoms with E-state index in [4.69, 9.17) is 4.74 Å². The molecule has 7 nitrogen and oxygen atoms in total. The summed E-state index contributed by atoms with van der Waals surface area (Å²) in [6.45, 7) is 6.29. The van der Waals surface area contributed by atoms with Crippen molar-refractivity contribution in [2.24, 2.45) is 0 Å². The molecule has 2 aliphatic rings. The normalized spacial score (nSPS) is 25.5. The molecule has 2 aromatic rings. The Morgan fingerprint density at radius 2 is 2.35 bits per heavy atom. The summed E-state index contributed by atoms with van der Waals surface area (Å²) in [7, 11) is 0. The van der Waals surface area contributed by atoms with Crippen LogP contribution in [0.3, 0.4) is 0 Å². The number of likely N-dealkylation sites (N-methyl/N-ethyl adjacent to an activating group) is 1. The highest BCUT2D eigenvalue weighted by Gasteiger charge is 2.39. The lowest BCUT2D eigenvalue weighted by Gasteiger charge is -2.46. The third-order valence-corrected chi connectivity index (χ3v) is 4.88. The topological polar surface area (TPSA) is 74.3 Å². The zero-order valence-electron chi connectivity index (χ0n) is 13.2. The molecule has 2 saturated heterocycles. The quantitative estimate of drug-likeness (QED) is 0.891. The Hall–Kier alpha value is -1.99. The van der Waals surface area contributed by atoms with Gasteiger partial charge in [0.15, 0.2) is 5.65 Å². The number of H-pyrrole nitrogens is 1. The number of ether oxygens (including phenoxy) is 1. The Labute approximate surface area is 134 Å². The SMILES string of the molecule is CCN1CC[C@H]2OCCN(C(=O)c3ccc4[nH]cnc4n3)[C@H]2C1. The van der Waals surface area contributed by atoms with Crippen LogP contribution in [0.15, 0.2) is 18.5 Å². The van der Waals surface area contributed by atoms with Crippen LogP contribution in [0.4, 0.5) is 0 Å². The van der Waals surface area contributed by atoms with E-state index < -0.39 is 0 Å². The zero-order chi connectivity index (χ0) is 15.8. The summed E-state index contributed by atoms with van der Waals surface area (Å²) >= 11 is 0. The number of hydrogen-bond acceptors (Lipinski definition) is 5. The van der Waals surface area contributed by atoms with Crippen molar-refractivity contribution in [3.63, 3.8) is 0 Å². The number of carbonyl (C=O) groups excluding carboxylic acids is 1. The summed E-state index contributed by atoms with van der Waals surface area (Å²) in [6, 6.07) is 3.75. The van der Waals surface area contributed by atoms with Gasteiger partial charge in [-0.15, -0.1) is 0 Å². The highest BCUT2D eigenvalue weighted by atomic mass is 16.5. The van der Waals surface area contributed by atoms with Crippen molar-refractivity contribution in [2.75, 3.05) is 32.8 Å². The van der Waals surface area contributed by atoms with Crippen molar-refractivity contribution in [1.29, 1.82) is 0 Å². The molecule has 2 aliphatic heterocycles. The van der Waals surface area contributed by atoms with Gasteiger partial charge in [0.1, 0.15) is 5.69 Å². The van der Waals surface area contributed by atoms with Crippen LogP contribution < -0.4 is 0 Å². The maximum atomic E-state index is 13.0. The van der Waals surface area contributed by atoms with Crippen LogP contribution in [0, 0.1) is 0 Å². The number of amides is 1. The molecule has 1 amide bonds. The van der Waals surface area contributed by atoms with E-state index in [1.165, 1.54) is 0 Å². The molecule has 122 valence electrons. The first-order valence-corrected chi connectivity index (χ1v) is 8.21. The van der Waals surface area contributed by atoms with Gasteiger partial charge in [-0.25, -0.2) is 9.97 Å². The number of carbonyl (C=O) groups is 1. The van der Waals surface area contributed by atoms with Crippen molar-refractivity contribution in [1.82, 2.24) is 24.8 Å². The number of hydrogen-bond donors (Lipinski definition) is 1. The van der Waals surface area contributed by atoms with E-state index in [0.717, 1.165) is 31.6 Å². The first-order valence-electron chi connectivity index (χ1n) is 8.21. The summed E-state index contributed by atoms with van der Waals surface area (Å²) in [5.74, 6) is -0.0221. The molecule has 23 heavy (non-hydrogen) atoms. The average molecular weight is 315 g/mol. The Morgan fingerprint density at radius 3 is 3.22 bits per heavy atom. The molecule has 0 bridgehead atoms. The molecular formula is C16H21N5O2. The molecule has 1 N–H and O–H groups in total. The second-order valence-electron chi connectivity index (χ2n) is 6.13. The molecule has 2 fully saturated rings. The number of rotatable bonds is 2. The third kappa shape index (κ3) is 2.60. The number of pyridine rings is 1. The van der Waals surface area contributed by atoms with Gasteiger partial charge in [-0.2, -0.15) is 0 Å². The molecule has 4 rings (SSSR count). The predicted octanol–water partition coefficient (Wildman–Crippen LogP) is 0.893. The minimum atomic E-state index is -0.0221. The smallest absolute Gasteiger partial charge is 0.273 e. The van der Waals surface area contributed by atoms with Gasteiger partial charge in [-0.05, 0) is 25.1 Å². The maximum Gasteiger partial charge on any atom is 0.273 e. The fourth-order valence-corrected chi connectivity index (χ4v) is 3.57. The average Bonchev–Trinajstić information content (AvgIpc) is 3.07. The minimum Gasteiger partial charge on any atom is -0.374 e. The predicted molar refractivity (Wildman–Crippen MR) is 85.2 cm³/mol. The summed E-state index contributed by atoms with van der Waals surface area (Å²) < 4.78 is 5.89. The largest absolute Gasteiger partial charge is 0.374 e. The van der Waals surface area contributed by atoms with E-state index in [9.17, 15) is 4.79 Å². The number of likely N-dealkylation sites (tertiary alicyclic amines) is 1. The van der Waals surface area contributed by atoms with Gasteiger partial charge in [0.05, 0.1) is 30.6 Å². The van der Waals surface area contributed by atoms with Crippen molar-refractivity contribution in [3.8, 4) is 0 Å². The summed E-state index contributed by atoms with van der Waals surface area (Å²) in [5.41, 5.74) is 1.88. The number of piperidine rings is 1. The summed E-state index contributed by atoms with van der Waals surface area (Å²) in [5, 5.41) is 0. The summed E-state index contributed by atoms with van der Waals surface area (Å²) in [4.78, 5) is 28.8. The highest BCUT2D eigenvalue weighted by Crippen LogP contribution is 2.24. The van der Waals surface area contributed by atoms with E-state index in [1.54, 1.807) is 12.4 Å². The highest BCUT2D eigenvalue weighted by molar-refractivity contribution is 5.94. The number of imidazole rings is 1. The molecule has 0 saturated carbocycles. The number of morpholine rings is 1. The van der Waals surface area contributed by atoms with Crippen LogP contribution in [0.1, 0.15) is 23.8 Å². The number of aromatic amines is 1. The third-order valence-electron chi connectivity index (χ3n) is 4.88. The lowest BCUT2D eigenvalue weighted by Crippen LogP contribution is -2.61. The fourth-order valence-electron chi connectivity index (χ4n) is 3.57. The van der Waals surface area contributed by atoms with E-state index in [-0.39, 0.29) is 18.1 Å². The van der Waals surface area contributed by atoms with Crippen molar-refractivity contribution in [2.45, 2.75) is 25.5 Å². The van der Waals surface area contributed by atoms with Crippen LogP contribution in [-0.2, 0) is 4.74 Å². The van der Waals surface area contributed by atoms with Gasteiger partial charge in [0, 0.05) is 19.6 Å². The number of fused-ring (bicyclic) bond motifs is 2. The van der Waals surface area contributed by atoms with E-state index >= 15 is 0 Å². The lowest BCUT2D eigenvalue weighted by atomic mass is 9.98. The number of aromatic nitrogens is 3. The zero-order valence-corrected chi connectivity index (χ0v) is 13.2. The number of nitrogens with one attached hydrogen (secondary N) is 1. The molecular weight excluding hydrogens is 294 g/mol. The van der Waals surface area contributed by atoms with Gasteiger partial charge in [0.25, 0.3) is 5.91 Å². The molecule has 0 aliphatic carbocycles. The second-order valence-corrected chi connectivity index (χ2v) is 6.13. The van der Waals surface area contributed by atoms with Gasteiger partial charge < -0.3 is 19.5 Å². The van der Waals surface area contributed by atoms with Crippen LogP contribution in [0.5, 0.6) is 0 Å². The van der Waals surface area contributed by atoms with E-state index in [1.807, 2.05) is 11.0 Å². The van der Waals surface area contributed by atoms with Crippen LogP contribution in [-0.4, -0.2) is 75.6 Å². The molecule has 0 spiro atoms. The maximum absolute atomic E-state index is 13.0. The summed E-state index contributed by atoms with van der Waals surface area (Å²) in [6.07, 6.45) is 2.72. The first kappa shape index (κ1) is 14.6. The van der Waals surface area contributed by atoms with Crippen molar-refractivity contribution in [3.05, 3.63) is 24.2 Å². The van der Waals surface area contributed by atoms with Crippen molar-refractivity contribution >= 4 is 17.1 Å². The standard InChI is InChI=1S/C16H21N5O2/c1-2-20-6-5-14-13(9-20)21(7-8-23-14)16(22)12-4-3-11-15(19-12)18-10-17-11/h3-4,10,13-14H,2,5-9H2,1H3,(H,17,18,19)/t13-,14+/m0/s1. The molecule has 4 heterocycles. The Balaban J connectivity index is 1.60. The molecule has 0 radical (unpaired) electrons. The van der Waals surface area contributed by atoms with Gasteiger partial charge in [-0.1, -0.05) is 6.92 Å². The minimum absolute atomic E-state index is 0.0221. The Morgan fingerprint density at radius 1 is 1.43 bits per heavy atom. The lowest BCUT2D eigenvalue weighted by molar-refractivity contribution is -0.0897. The van der Waals surface area contributed by atoms with Gasteiger partial charge in [-0.3, -0.25) is 4.79 Å². The second kappa shape index (κ2) is 5.90. The molecule has 7 heteroatoms. The fraction of sp³-hybridized carbons (Fsp3) is 0.562. The van der Waals surface area contributed by atoms with Gasteiger partial charge >= 0.3 is 0 Å². The molecule has 2 aromatic heterocycles. The molecule has 0 unspecified atom stereocenters. The molecule has 2 atom stereocenters. The van der Waals surface area contributed by atoms with Crippen LogP contribution >= 0.6 is 0 Å². The number of nitrogens with zero attached hydrogens (tertiary/aromatic N) is 4. The molecule has 0 aromatic carbocycles. The van der Waals surface area contributed by atoms with E-state index in [2.05, 4.69) is 26.8 Å². The first-order chi connectivity index (χ1) is 11.3.